The molecule has 8 heteroatoms. The van der Waals surface area contributed by atoms with Crippen LogP contribution in [-0.4, -0.2) is 67.0 Å². The molecule has 0 N–H and O–H groups in total. The first-order chi connectivity index (χ1) is 19.5. The van der Waals surface area contributed by atoms with Gasteiger partial charge in [0.25, 0.3) is 0 Å². The molecule has 0 radical (unpaired) electrons. The molecule has 0 atom stereocenters. The predicted octanol–water partition coefficient (Wildman–Crippen LogP) is 6.23. The van der Waals surface area contributed by atoms with E-state index >= 15 is 0 Å². The third-order valence-electron chi connectivity index (χ3n) is 10.00. The molecule has 0 unspecified atom stereocenters. The number of rotatable bonds is 6. The maximum atomic E-state index is 9.19. The summed E-state index contributed by atoms with van der Waals surface area (Å²) in [4.78, 5) is 7.49. The number of benzene rings is 1. The second kappa shape index (κ2) is 12.1. The fraction of sp³-hybridized carbons (Fsp3) is 0.656. The molecule has 4 heterocycles. The van der Waals surface area contributed by atoms with Crippen LogP contribution in [0, 0.1) is 29.6 Å². The molecule has 4 fully saturated rings. The van der Waals surface area contributed by atoms with Gasteiger partial charge >= 0.3 is 0 Å². The molecular formula is C32H43ClN6O. The van der Waals surface area contributed by atoms with Crippen molar-refractivity contribution in [2.45, 2.75) is 77.2 Å². The molecule has 1 spiro atoms. The number of anilines is 2. The molecule has 0 bridgehead atoms. The Balaban J connectivity index is 0.985. The van der Waals surface area contributed by atoms with Crippen molar-refractivity contribution in [3.8, 4) is 11.9 Å². The molecule has 1 aromatic carbocycles. The van der Waals surface area contributed by atoms with Gasteiger partial charge in [-0.2, -0.15) is 5.26 Å². The summed E-state index contributed by atoms with van der Waals surface area (Å²) < 4.78 is 6.32. The van der Waals surface area contributed by atoms with Gasteiger partial charge in [-0.25, -0.2) is 0 Å². The van der Waals surface area contributed by atoms with E-state index in [4.69, 9.17) is 16.3 Å². The number of hydrogen-bond donors (Lipinski definition) is 0. The van der Waals surface area contributed by atoms with Crippen molar-refractivity contribution in [3.05, 3.63) is 40.4 Å². The Morgan fingerprint density at radius 2 is 1.68 bits per heavy atom. The van der Waals surface area contributed by atoms with E-state index in [9.17, 15) is 5.26 Å². The van der Waals surface area contributed by atoms with Crippen LogP contribution in [0.4, 0.5) is 11.5 Å². The number of aryl methyl sites for hydroxylation is 1. The standard InChI is InChI=1S/C32H43ClN6O/c1-24-19-30(40-28-9-14-37(15-10-28)22-25-5-3-2-4-6-25)35-36-31(24)38-16-11-32(12-17-38)13-18-39(23-32)27-8-7-26(21-34)29(33)20-27/h7-8,19-20,25,28H,2-6,9-18,22-23H2,1H3. The monoisotopic (exact) mass is 562 g/mol. The van der Waals surface area contributed by atoms with Crippen molar-refractivity contribution in [2.24, 2.45) is 11.3 Å². The summed E-state index contributed by atoms with van der Waals surface area (Å²) in [5.41, 5.74) is 3.13. The third kappa shape index (κ3) is 6.19. The zero-order valence-electron chi connectivity index (χ0n) is 24.0. The molecule has 0 amide bonds. The van der Waals surface area contributed by atoms with E-state index in [1.165, 1.54) is 45.1 Å². The summed E-state index contributed by atoms with van der Waals surface area (Å²) in [6.07, 6.45) is 13.0. The molecule has 40 heavy (non-hydrogen) atoms. The Morgan fingerprint density at radius 1 is 0.950 bits per heavy atom. The first-order valence-electron chi connectivity index (χ1n) is 15.4. The van der Waals surface area contributed by atoms with Crippen molar-refractivity contribution < 1.29 is 4.74 Å². The fourth-order valence-electron chi connectivity index (χ4n) is 7.49. The van der Waals surface area contributed by atoms with Crippen LogP contribution >= 0.6 is 11.6 Å². The Labute approximate surface area is 244 Å². The van der Waals surface area contributed by atoms with E-state index in [0.717, 1.165) is 87.9 Å². The molecule has 3 saturated heterocycles. The Morgan fingerprint density at radius 3 is 2.35 bits per heavy atom. The van der Waals surface area contributed by atoms with Crippen molar-refractivity contribution in [3.63, 3.8) is 0 Å². The number of ether oxygens (including phenoxy) is 1. The Bertz CT molecular complexity index is 1210. The molecule has 2 aromatic rings. The summed E-state index contributed by atoms with van der Waals surface area (Å²) >= 11 is 6.31. The lowest BCUT2D eigenvalue weighted by Crippen LogP contribution is -2.42. The minimum Gasteiger partial charge on any atom is -0.473 e. The van der Waals surface area contributed by atoms with Crippen molar-refractivity contribution in [2.75, 3.05) is 55.6 Å². The first-order valence-corrected chi connectivity index (χ1v) is 15.8. The maximum absolute atomic E-state index is 9.19. The van der Waals surface area contributed by atoms with Crippen molar-refractivity contribution in [1.82, 2.24) is 15.1 Å². The molecule has 3 aliphatic heterocycles. The summed E-state index contributed by atoms with van der Waals surface area (Å²) in [7, 11) is 0. The van der Waals surface area contributed by atoms with Gasteiger partial charge in [-0.15, -0.1) is 10.2 Å². The lowest BCUT2D eigenvalue weighted by atomic mass is 9.77. The average molecular weight is 563 g/mol. The predicted molar refractivity (Wildman–Crippen MR) is 160 cm³/mol. The van der Waals surface area contributed by atoms with Gasteiger partial charge < -0.3 is 19.4 Å². The summed E-state index contributed by atoms with van der Waals surface area (Å²) in [6.45, 7) is 9.76. The van der Waals surface area contributed by atoms with Crippen LogP contribution in [0.3, 0.4) is 0 Å². The third-order valence-corrected chi connectivity index (χ3v) is 10.3. The molecule has 1 aromatic heterocycles. The summed E-state index contributed by atoms with van der Waals surface area (Å²) in [5, 5.41) is 18.9. The highest BCUT2D eigenvalue weighted by Gasteiger charge is 2.41. The molecule has 1 aliphatic carbocycles. The van der Waals surface area contributed by atoms with Crippen molar-refractivity contribution >= 4 is 23.1 Å². The lowest BCUT2D eigenvalue weighted by Gasteiger charge is -2.40. The lowest BCUT2D eigenvalue weighted by molar-refractivity contribution is 0.0826. The van der Waals surface area contributed by atoms with Crippen LogP contribution < -0.4 is 14.5 Å². The number of aromatic nitrogens is 2. The van der Waals surface area contributed by atoms with E-state index in [1.54, 1.807) is 0 Å². The number of piperidine rings is 2. The smallest absolute Gasteiger partial charge is 0.234 e. The number of halogens is 1. The van der Waals surface area contributed by atoms with E-state index in [-0.39, 0.29) is 6.10 Å². The Kier molecular flexibility index (Phi) is 8.37. The maximum Gasteiger partial charge on any atom is 0.234 e. The van der Waals surface area contributed by atoms with Crippen LogP contribution in [0.5, 0.6) is 5.88 Å². The highest BCUT2D eigenvalue weighted by atomic mass is 35.5. The SMILES string of the molecule is Cc1cc(OC2CCN(CC3CCCCC3)CC2)nnc1N1CCC2(CCN(c3ccc(C#N)c(Cl)c3)C2)CC1. The second-order valence-electron chi connectivity index (χ2n) is 12.7. The van der Waals surface area contributed by atoms with Gasteiger partial charge in [0.1, 0.15) is 12.2 Å². The highest BCUT2D eigenvalue weighted by molar-refractivity contribution is 6.32. The topological polar surface area (TPSA) is 68.5 Å². The molecule has 1 saturated carbocycles. The van der Waals surface area contributed by atoms with E-state index in [0.29, 0.717) is 21.9 Å². The van der Waals surface area contributed by atoms with Gasteiger partial charge in [0.05, 0.1) is 10.6 Å². The van der Waals surface area contributed by atoms with Crippen LogP contribution in [0.1, 0.15) is 75.3 Å². The summed E-state index contributed by atoms with van der Waals surface area (Å²) in [6, 6.07) is 10.1. The van der Waals surface area contributed by atoms with Crippen LogP contribution in [0.15, 0.2) is 24.3 Å². The van der Waals surface area contributed by atoms with Gasteiger partial charge in [-0.3, -0.25) is 0 Å². The average Bonchev–Trinajstić information content (AvgIpc) is 3.39. The number of nitriles is 1. The molecule has 6 rings (SSSR count). The zero-order chi connectivity index (χ0) is 27.5. The van der Waals surface area contributed by atoms with Gasteiger partial charge in [0.15, 0.2) is 5.82 Å². The Hall–Kier alpha value is -2.56. The molecule has 4 aliphatic rings. The first kappa shape index (κ1) is 27.6. The minimum atomic E-state index is 0.244. The highest BCUT2D eigenvalue weighted by Crippen LogP contribution is 2.43. The van der Waals surface area contributed by atoms with Gasteiger partial charge in [0, 0.05) is 57.6 Å². The number of likely N-dealkylation sites (tertiary alicyclic amines) is 1. The molecule has 7 nitrogen and oxygen atoms in total. The molecule has 214 valence electrons. The van der Waals surface area contributed by atoms with E-state index in [2.05, 4.69) is 44.0 Å². The van der Waals surface area contributed by atoms with Gasteiger partial charge in [-0.05, 0) is 87.0 Å². The van der Waals surface area contributed by atoms with Crippen LogP contribution in [0.25, 0.3) is 0 Å². The van der Waals surface area contributed by atoms with Gasteiger partial charge in [-0.1, -0.05) is 30.9 Å². The van der Waals surface area contributed by atoms with Gasteiger partial charge in [0.2, 0.25) is 5.88 Å². The van der Waals surface area contributed by atoms with Crippen LogP contribution in [-0.2, 0) is 0 Å². The molecular weight excluding hydrogens is 520 g/mol. The summed E-state index contributed by atoms with van der Waals surface area (Å²) in [5.74, 6) is 2.58. The van der Waals surface area contributed by atoms with E-state index < -0.39 is 0 Å². The van der Waals surface area contributed by atoms with E-state index in [1.807, 2.05) is 18.2 Å². The quantitative estimate of drug-likeness (QED) is 0.413. The van der Waals surface area contributed by atoms with Crippen LogP contribution in [0.2, 0.25) is 5.02 Å². The fourth-order valence-corrected chi connectivity index (χ4v) is 7.70. The number of nitrogens with zero attached hydrogens (tertiary/aromatic N) is 6. The normalized spacial score (nSPS) is 22.5. The largest absolute Gasteiger partial charge is 0.473 e. The zero-order valence-corrected chi connectivity index (χ0v) is 24.7. The van der Waals surface area contributed by atoms with Crippen molar-refractivity contribution in [1.29, 1.82) is 5.26 Å². The minimum absolute atomic E-state index is 0.244. The second-order valence-corrected chi connectivity index (χ2v) is 13.2. The number of hydrogen-bond acceptors (Lipinski definition) is 7.